The average molecular weight is 1230 g/mol. The predicted molar refractivity (Wildman–Crippen MR) is 278 cm³/mol. The smallest absolute Gasteiger partial charge is 0.187 e. The molecule has 0 aromatic heterocycles. The van der Waals surface area contributed by atoms with E-state index >= 15 is 0 Å². The first-order valence-electron chi connectivity index (χ1n) is 30.1. The fourth-order valence-corrected chi connectivity index (χ4v) is 16.8. The second-order valence-electron chi connectivity index (χ2n) is 26.5. The SMILES string of the molecule is CC1CCC2(OC1)OC1C(O)C3C4CC=C5CC(OC6OC(CO)C(OC7OC(CO)C(O)C(OC8OCC(O)C(O)C8O)C7OC7OC(CO)C(O)C(OC8OC(CO)C(O)C(O)C8O)C7O)C(O)C6O)C(O)CC5(C)C4CCC3(C)C1C2C. The van der Waals surface area contributed by atoms with Crippen LogP contribution >= 0.6 is 0 Å². The van der Waals surface area contributed by atoms with Crippen LogP contribution in [-0.4, -0.2) is 304 Å². The van der Waals surface area contributed by atoms with E-state index in [0.29, 0.717) is 18.9 Å². The molecule has 7 aliphatic heterocycles. The van der Waals surface area contributed by atoms with E-state index in [-0.39, 0.29) is 54.0 Å². The lowest BCUT2D eigenvalue weighted by Gasteiger charge is -2.59. The molecule has 488 valence electrons. The van der Waals surface area contributed by atoms with E-state index in [1.165, 1.54) is 0 Å². The van der Waals surface area contributed by atoms with E-state index in [1.807, 2.05) is 0 Å². The van der Waals surface area contributed by atoms with Crippen LogP contribution in [0.4, 0.5) is 0 Å². The highest BCUT2D eigenvalue weighted by Gasteiger charge is 2.72. The van der Waals surface area contributed by atoms with Gasteiger partial charge in [0.15, 0.2) is 37.2 Å². The van der Waals surface area contributed by atoms with E-state index in [9.17, 15) is 86.8 Å². The molecule has 0 aromatic rings. The fourth-order valence-electron chi connectivity index (χ4n) is 16.8. The summed E-state index contributed by atoms with van der Waals surface area (Å²) in [5.74, 6) is 0.0964. The minimum atomic E-state index is -2.22. The Kier molecular flexibility index (Phi) is 19.3. The molecule has 37 atom stereocenters. The van der Waals surface area contributed by atoms with Gasteiger partial charge in [-0.2, -0.15) is 0 Å². The molecule has 11 aliphatic rings. The monoisotopic (exact) mass is 1230 g/mol. The number of fused-ring (bicyclic) bond motifs is 7. The van der Waals surface area contributed by atoms with Gasteiger partial charge in [-0.3, -0.25) is 0 Å². The first-order valence-corrected chi connectivity index (χ1v) is 30.1. The summed E-state index contributed by atoms with van der Waals surface area (Å²) < 4.78 is 72.7. The van der Waals surface area contributed by atoms with Crippen molar-refractivity contribution in [3.8, 4) is 0 Å². The van der Waals surface area contributed by atoms with E-state index < -0.39 is 210 Å². The Morgan fingerprint density at radius 3 is 1.73 bits per heavy atom. The third-order valence-corrected chi connectivity index (χ3v) is 21.6. The summed E-state index contributed by atoms with van der Waals surface area (Å²) in [6, 6.07) is 0. The molecule has 7 saturated heterocycles. The molecule has 10 fully saturated rings. The number of ether oxygens (including phenoxy) is 12. The number of aliphatic hydroxyl groups is 17. The highest BCUT2D eigenvalue weighted by atomic mass is 16.8. The van der Waals surface area contributed by atoms with Crippen molar-refractivity contribution in [1.29, 1.82) is 0 Å². The van der Waals surface area contributed by atoms with Gasteiger partial charge in [0.1, 0.15) is 116 Å². The maximum absolute atomic E-state index is 12.3. The van der Waals surface area contributed by atoms with Gasteiger partial charge >= 0.3 is 0 Å². The first-order chi connectivity index (χ1) is 40.3. The van der Waals surface area contributed by atoms with Crippen LogP contribution in [-0.2, 0) is 56.8 Å². The molecule has 0 aromatic carbocycles. The summed E-state index contributed by atoms with van der Waals surface area (Å²) in [7, 11) is 0. The van der Waals surface area contributed by atoms with Crippen molar-refractivity contribution >= 4 is 0 Å². The molecular weight excluding hydrogens is 1140 g/mol. The number of rotatable bonds is 14. The first kappa shape index (κ1) is 65.1. The minimum Gasteiger partial charge on any atom is -0.394 e. The van der Waals surface area contributed by atoms with Crippen LogP contribution in [0.5, 0.6) is 0 Å². The maximum atomic E-state index is 12.3. The quantitative estimate of drug-likeness (QED) is 0.0719. The van der Waals surface area contributed by atoms with Crippen LogP contribution in [0.25, 0.3) is 0 Å². The van der Waals surface area contributed by atoms with Crippen molar-refractivity contribution in [2.24, 2.45) is 46.3 Å². The third kappa shape index (κ3) is 11.2. The number of hydrogen-bond donors (Lipinski definition) is 17. The Labute approximate surface area is 490 Å². The summed E-state index contributed by atoms with van der Waals surface area (Å²) >= 11 is 0. The summed E-state index contributed by atoms with van der Waals surface area (Å²) in [5.41, 5.74) is 0.335. The second kappa shape index (κ2) is 25.2. The van der Waals surface area contributed by atoms with Gasteiger partial charge in [0, 0.05) is 18.3 Å². The molecule has 11 rings (SSSR count). The molecule has 17 N–H and O–H groups in total. The summed E-state index contributed by atoms with van der Waals surface area (Å²) in [6.45, 7) is 5.08. The molecule has 0 amide bonds. The predicted octanol–water partition coefficient (Wildman–Crippen LogP) is -6.58. The van der Waals surface area contributed by atoms with Crippen molar-refractivity contribution in [3.63, 3.8) is 0 Å². The van der Waals surface area contributed by atoms with Crippen LogP contribution < -0.4 is 0 Å². The van der Waals surface area contributed by atoms with Crippen LogP contribution in [0.2, 0.25) is 0 Å². The fraction of sp³-hybridized carbons (Fsp3) is 0.964. The molecule has 0 radical (unpaired) electrons. The standard InChI is InChI=1S/C56H90O29/c1-19-7-10-56(75-17-19)20(2)31-45(85-56)37(67)32-22-6-5-21-11-26(24(61)12-55(21,4)23(22)8-9-54(31,32)3)76-50-42(72)39(69)44(30(16-60)80-50)81-53-48(47(36(66)29(15-59)79-53)83-49-40(70)33(63)25(62)18-74-49)84-52-43(73)46(35(65)28(14-58)78-52)82-51-41(71)38(68)34(64)27(13-57)77-51/h5,19-20,22-53,57-73H,6-18H2,1-4H3. The molecule has 37 unspecified atom stereocenters. The Bertz CT molecular complexity index is 2280. The van der Waals surface area contributed by atoms with Gasteiger partial charge in [-0.05, 0) is 73.0 Å². The van der Waals surface area contributed by atoms with Gasteiger partial charge in [0.25, 0.3) is 0 Å². The highest BCUT2D eigenvalue weighted by molar-refractivity contribution is 5.28. The van der Waals surface area contributed by atoms with Crippen molar-refractivity contribution in [1.82, 2.24) is 0 Å². The lowest BCUT2D eigenvalue weighted by atomic mass is 9.46. The van der Waals surface area contributed by atoms with Gasteiger partial charge in [-0.25, -0.2) is 0 Å². The zero-order valence-electron chi connectivity index (χ0n) is 47.9. The molecule has 0 bridgehead atoms. The number of aliphatic hydroxyl groups excluding tert-OH is 17. The Morgan fingerprint density at radius 2 is 1.07 bits per heavy atom. The minimum absolute atomic E-state index is 0.0521. The lowest BCUT2D eigenvalue weighted by molar-refractivity contribution is -0.409. The highest BCUT2D eigenvalue weighted by Crippen LogP contribution is 2.71. The van der Waals surface area contributed by atoms with E-state index in [0.717, 1.165) is 31.3 Å². The van der Waals surface area contributed by atoms with E-state index in [2.05, 4.69) is 33.8 Å². The Balaban J connectivity index is 0.807. The summed E-state index contributed by atoms with van der Waals surface area (Å²) in [6.07, 6.45) is -41.9. The molecule has 3 saturated carbocycles. The van der Waals surface area contributed by atoms with Gasteiger partial charge in [0.05, 0.1) is 64.1 Å². The largest absolute Gasteiger partial charge is 0.394 e. The van der Waals surface area contributed by atoms with Crippen molar-refractivity contribution in [2.75, 3.05) is 39.6 Å². The van der Waals surface area contributed by atoms with E-state index in [1.54, 1.807) is 0 Å². The zero-order valence-corrected chi connectivity index (χ0v) is 47.9. The van der Waals surface area contributed by atoms with Gasteiger partial charge in [-0.1, -0.05) is 39.3 Å². The zero-order chi connectivity index (χ0) is 61.1. The second-order valence-corrected chi connectivity index (χ2v) is 26.5. The van der Waals surface area contributed by atoms with Crippen molar-refractivity contribution < 1.29 is 144 Å². The molecule has 4 aliphatic carbocycles. The van der Waals surface area contributed by atoms with Crippen molar-refractivity contribution in [3.05, 3.63) is 11.6 Å². The molecule has 29 heteroatoms. The third-order valence-electron chi connectivity index (χ3n) is 21.6. The molecule has 85 heavy (non-hydrogen) atoms. The molecule has 29 nitrogen and oxygen atoms in total. The molecular formula is C56H90O29. The van der Waals surface area contributed by atoms with Gasteiger partial charge in [0.2, 0.25) is 0 Å². The van der Waals surface area contributed by atoms with E-state index in [4.69, 9.17) is 56.8 Å². The van der Waals surface area contributed by atoms with Crippen LogP contribution in [0, 0.1) is 46.3 Å². The topological polar surface area (TPSA) is 455 Å². The maximum Gasteiger partial charge on any atom is 0.187 e. The van der Waals surface area contributed by atoms with Crippen LogP contribution in [0.15, 0.2) is 11.6 Å². The Morgan fingerprint density at radius 1 is 0.506 bits per heavy atom. The van der Waals surface area contributed by atoms with Crippen LogP contribution in [0.3, 0.4) is 0 Å². The Hall–Kier alpha value is -1.42. The number of hydrogen-bond acceptors (Lipinski definition) is 29. The average Bonchev–Trinajstić information content (AvgIpc) is 1.59. The lowest BCUT2D eigenvalue weighted by Crippen LogP contribution is -2.69. The molecule has 1 spiro atoms. The van der Waals surface area contributed by atoms with Crippen molar-refractivity contribution in [2.45, 2.75) is 250 Å². The van der Waals surface area contributed by atoms with Gasteiger partial charge < -0.3 is 144 Å². The van der Waals surface area contributed by atoms with Gasteiger partial charge in [-0.15, -0.1) is 0 Å². The number of allylic oxidation sites excluding steroid dienone is 1. The summed E-state index contributed by atoms with van der Waals surface area (Å²) in [5, 5.41) is 188. The van der Waals surface area contributed by atoms with Crippen LogP contribution in [0.1, 0.15) is 72.6 Å². The normalized spacial score (nSPS) is 57.1. The molecule has 7 heterocycles. The summed E-state index contributed by atoms with van der Waals surface area (Å²) in [4.78, 5) is 0.